The van der Waals surface area contributed by atoms with E-state index in [0.717, 1.165) is 6.42 Å². The van der Waals surface area contributed by atoms with Crippen molar-refractivity contribution in [2.45, 2.75) is 13.3 Å². The lowest BCUT2D eigenvalue weighted by Crippen LogP contribution is -2.39. The smallest absolute Gasteiger partial charge is 0.325 e. The lowest BCUT2D eigenvalue weighted by molar-refractivity contribution is -0.141. The van der Waals surface area contributed by atoms with E-state index in [1.165, 1.54) is 0 Å². The highest BCUT2D eigenvalue weighted by Gasteiger charge is 2.04. The van der Waals surface area contributed by atoms with Crippen LogP contribution >= 0.6 is 0 Å². The second-order valence-electron chi connectivity index (χ2n) is 2.76. The Morgan fingerprint density at radius 3 is 2.60 bits per heavy atom. The standard InChI is InChI=1S/C9H18N2O4/c1-3-15-8(12)7-11-9(13)10-5-4-6-14-2/h3-7H2,1-2H3,(H2,10,11,13). The molecule has 0 aliphatic rings. The van der Waals surface area contributed by atoms with Gasteiger partial charge in [-0.05, 0) is 13.3 Å². The molecule has 88 valence electrons. The van der Waals surface area contributed by atoms with E-state index in [-0.39, 0.29) is 12.6 Å². The molecular formula is C9H18N2O4. The van der Waals surface area contributed by atoms with Gasteiger partial charge in [0.15, 0.2) is 0 Å². The summed E-state index contributed by atoms with van der Waals surface area (Å²) < 4.78 is 9.44. The third-order valence-electron chi connectivity index (χ3n) is 1.51. The van der Waals surface area contributed by atoms with Crippen LogP contribution in [0.2, 0.25) is 0 Å². The Morgan fingerprint density at radius 2 is 2.00 bits per heavy atom. The van der Waals surface area contributed by atoms with Crippen LogP contribution in [0.5, 0.6) is 0 Å². The number of nitrogens with one attached hydrogen (secondary N) is 2. The molecule has 15 heavy (non-hydrogen) atoms. The second kappa shape index (κ2) is 9.26. The number of esters is 1. The van der Waals surface area contributed by atoms with Gasteiger partial charge < -0.3 is 20.1 Å². The number of rotatable bonds is 7. The van der Waals surface area contributed by atoms with Crippen molar-refractivity contribution in [3.8, 4) is 0 Å². The molecule has 0 radical (unpaired) electrons. The van der Waals surface area contributed by atoms with E-state index in [2.05, 4.69) is 15.4 Å². The van der Waals surface area contributed by atoms with Crippen molar-refractivity contribution in [2.75, 3.05) is 33.4 Å². The summed E-state index contributed by atoms with van der Waals surface area (Å²) in [5, 5.41) is 4.96. The summed E-state index contributed by atoms with van der Waals surface area (Å²) in [5.41, 5.74) is 0. The van der Waals surface area contributed by atoms with Crippen LogP contribution in [-0.4, -0.2) is 45.4 Å². The molecule has 0 fully saturated rings. The number of carbonyl (C=O) groups excluding carboxylic acids is 2. The number of carbonyl (C=O) groups is 2. The van der Waals surface area contributed by atoms with Gasteiger partial charge in [0, 0.05) is 20.3 Å². The van der Waals surface area contributed by atoms with Gasteiger partial charge in [0.1, 0.15) is 6.54 Å². The highest BCUT2D eigenvalue weighted by molar-refractivity contribution is 5.80. The lowest BCUT2D eigenvalue weighted by Gasteiger charge is -2.06. The number of urea groups is 1. The number of hydrogen-bond donors (Lipinski definition) is 2. The maximum atomic E-state index is 11.0. The molecular weight excluding hydrogens is 200 g/mol. The summed E-state index contributed by atoms with van der Waals surface area (Å²) in [5.74, 6) is -0.440. The largest absolute Gasteiger partial charge is 0.465 e. The maximum Gasteiger partial charge on any atom is 0.325 e. The van der Waals surface area contributed by atoms with E-state index in [0.29, 0.717) is 19.8 Å². The summed E-state index contributed by atoms with van der Waals surface area (Å²) in [6.45, 7) is 3.03. The van der Waals surface area contributed by atoms with Crippen LogP contribution in [0.4, 0.5) is 4.79 Å². The van der Waals surface area contributed by atoms with Gasteiger partial charge in [-0.3, -0.25) is 4.79 Å². The van der Waals surface area contributed by atoms with Gasteiger partial charge in [0.2, 0.25) is 0 Å². The van der Waals surface area contributed by atoms with E-state index in [1.54, 1.807) is 14.0 Å². The zero-order valence-corrected chi connectivity index (χ0v) is 9.17. The van der Waals surface area contributed by atoms with Gasteiger partial charge >= 0.3 is 12.0 Å². The third-order valence-corrected chi connectivity index (χ3v) is 1.51. The molecule has 0 spiro atoms. The van der Waals surface area contributed by atoms with Crippen LogP contribution < -0.4 is 10.6 Å². The third kappa shape index (κ3) is 9.01. The fraction of sp³-hybridized carbons (Fsp3) is 0.778. The Balaban J connectivity index is 3.36. The zero-order chi connectivity index (χ0) is 11.5. The van der Waals surface area contributed by atoms with E-state index in [1.807, 2.05) is 0 Å². The number of amides is 2. The molecule has 0 aliphatic heterocycles. The summed E-state index contributed by atoms with van der Waals surface area (Å²) >= 11 is 0. The van der Waals surface area contributed by atoms with Crippen molar-refractivity contribution in [2.24, 2.45) is 0 Å². The summed E-state index contributed by atoms with van der Waals surface area (Å²) in [7, 11) is 1.60. The number of methoxy groups -OCH3 is 1. The van der Waals surface area contributed by atoms with Crippen LogP contribution in [0.3, 0.4) is 0 Å². The molecule has 0 unspecified atom stereocenters. The first kappa shape index (κ1) is 13.7. The van der Waals surface area contributed by atoms with Gasteiger partial charge in [-0.15, -0.1) is 0 Å². The predicted octanol–water partition coefficient (Wildman–Crippen LogP) is -0.115. The van der Waals surface area contributed by atoms with Crippen molar-refractivity contribution in [1.29, 1.82) is 0 Å². The first-order valence-corrected chi connectivity index (χ1v) is 4.87. The summed E-state index contributed by atoms with van der Waals surface area (Å²) in [4.78, 5) is 21.9. The van der Waals surface area contributed by atoms with E-state index < -0.39 is 5.97 Å². The average molecular weight is 218 g/mol. The molecule has 2 amide bonds. The van der Waals surface area contributed by atoms with Gasteiger partial charge in [0.25, 0.3) is 0 Å². The minimum atomic E-state index is -0.440. The van der Waals surface area contributed by atoms with E-state index in [9.17, 15) is 9.59 Å². The topological polar surface area (TPSA) is 76.7 Å². The SMILES string of the molecule is CCOC(=O)CNC(=O)NCCCOC. The Morgan fingerprint density at radius 1 is 1.27 bits per heavy atom. The highest BCUT2D eigenvalue weighted by Crippen LogP contribution is 1.78. The number of ether oxygens (including phenoxy) is 2. The molecule has 0 rings (SSSR count). The first-order valence-electron chi connectivity index (χ1n) is 4.87. The van der Waals surface area contributed by atoms with Crippen LogP contribution in [0.25, 0.3) is 0 Å². The normalized spacial score (nSPS) is 9.47. The van der Waals surface area contributed by atoms with Crippen LogP contribution in [0.15, 0.2) is 0 Å². The van der Waals surface area contributed by atoms with Crippen LogP contribution in [0.1, 0.15) is 13.3 Å². The van der Waals surface area contributed by atoms with Crippen molar-refractivity contribution in [3.05, 3.63) is 0 Å². The molecule has 0 bridgehead atoms. The summed E-state index contributed by atoms with van der Waals surface area (Å²) in [6, 6.07) is -0.376. The molecule has 6 heteroatoms. The molecule has 0 saturated heterocycles. The first-order chi connectivity index (χ1) is 7.20. The molecule has 0 aromatic carbocycles. The van der Waals surface area contributed by atoms with Crippen molar-refractivity contribution >= 4 is 12.0 Å². The van der Waals surface area contributed by atoms with Crippen LogP contribution in [-0.2, 0) is 14.3 Å². The molecule has 0 aliphatic carbocycles. The Labute approximate surface area is 89.3 Å². The zero-order valence-electron chi connectivity index (χ0n) is 9.17. The van der Waals surface area contributed by atoms with Crippen molar-refractivity contribution in [3.63, 3.8) is 0 Å². The van der Waals surface area contributed by atoms with Crippen molar-refractivity contribution in [1.82, 2.24) is 10.6 Å². The monoisotopic (exact) mass is 218 g/mol. The molecule has 2 N–H and O–H groups in total. The van der Waals surface area contributed by atoms with E-state index >= 15 is 0 Å². The summed E-state index contributed by atoms with van der Waals surface area (Å²) in [6.07, 6.45) is 0.739. The van der Waals surface area contributed by atoms with Gasteiger partial charge in [-0.2, -0.15) is 0 Å². The van der Waals surface area contributed by atoms with E-state index in [4.69, 9.17) is 4.74 Å². The average Bonchev–Trinajstić information content (AvgIpc) is 2.22. The minimum Gasteiger partial charge on any atom is -0.465 e. The van der Waals surface area contributed by atoms with Gasteiger partial charge in [-0.1, -0.05) is 0 Å². The maximum absolute atomic E-state index is 11.0. The molecule has 0 aromatic rings. The lowest BCUT2D eigenvalue weighted by atomic mass is 10.4. The second-order valence-corrected chi connectivity index (χ2v) is 2.76. The van der Waals surface area contributed by atoms with Crippen LogP contribution in [0, 0.1) is 0 Å². The predicted molar refractivity (Wildman–Crippen MR) is 54.5 cm³/mol. The van der Waals surface area contributed by atoms with Gasteiger partial charge in [0.05, 0.1) is 6.61 Å². The highest BCUT2D eigenvalue weighted by atomic mass is 16.5. The fourth-order valence-corrected chi connectivity index (χ4v) is 0.845. The Bertz CT molecular complexity index is 197. The Kier molecular flexibility index (Phi) is 8.46. The van der Waals surface area contributed by atoms with Crippen molar-refractivity contribution < 1.29 is 19.1 Å². The quantitative estimate of drug-likeness (QED) is 0.461. The molecule has 6 nitrogen and oxygen atoms in total. The Hall–Kier alpha value is -1.30. The molecule has 0 heterocycles. The fourth-order valence-electron chi connectivity index (χ4n) is 0.845. The number of hydrogen-bond acceptors (Lipinski definition) is 4. The minimum absolute atomic E-state index is 0.107. The molecule has 0 aromatic heterocycles. The van der Waals surface area contributed by atoms with Gasteiger partial charge in [-0.25, -0.2) is 4.79 Å². The molecule has 0 saturated carbocycles. The molecule has 0 atom stereocenters.